The SMILES string of the molecule is CCCCCCCc1cc(CCCCCCC)c[n+](-c2ccccc2)c1. The van der Waals surface area contributed by atoms with Crippen LogP contribution in [0.2, 0.25) is 0 Å². The molecule has 1 nitrogen and oxygen atoms in total. The highest BCUT2D eigenvalue weighted by molar-refractivity contribution is 5.24. The Morgan fingerprint density at radius 3 is 1.62 bits per heavy atom. The molecule has 0 atom stereocenters. The van der Waals surface area contributed by atoms with E-state index in [-0.39, 0.29) is 0 Å². The van der Waals surface area contributed by atoms with Crippen LogP contribution in [0.15, 0.2) is 48.8 Å². The lowest BCUT2D eigenvalue weighted by molar-refractivity contribution is -0.596. The molecule has 0 unspecified atom stereocenters. The van der Waals surface area contributed by atoms with Gasteiger partial charge in [-0.25, -0.2) is 0 Å². The number of aromatic nitrogens is 1. The van der Waals surface area contributed by atoms with Gasteiger partial charge in [0.25, 0.3) is 0 Å². The first-order valence-electron chi connectivity index (χ1n) is 10.9. The van der Waals surface area contributed by atoms with Crippen molar-refractivity contribution in [2.75, 3.05) is 0 Å². The van der Waals surface area contributed by atoms with Gasteiger partial charge in [-0.3, -0.25) is 0 Å². The van der Waals surface area contributed by atoms with Crippen molar-refractivity contribution in [1.82, 2.24) is 0 Å². The summed E-state index contributed by atoms with van der Waals surface area (Å²) < 4.78 is 2.34. The minimum absolute atomic E-state index is 1.21. The van der Waals surface area contributed by atoms with E-state index in [1.54, 1.807) is 0 Å². The Balaban J connectivity index is 2.01. The first kappa shape index (κ1) is 20.7. The van der Waals surface area contributed by atoms with Gasteiger partial charge < -0.3 is 0 Å². The second kappa shape index (κ2) is 12.7. The first-order valence-corrected chi connectivity index (χ1v) is 10.9. The normalized spacial score (nSPS) is 11.0. The van der Waals surface area contributed by atoms with Gasteiger partial charge in [0, 0.05) is 23.3 Å². The molecule has 1 heteroatoms. The largest absolute Gasteiger partial charge is 0.210 e. The lowest BCUT2D eigenvalue weighted by Crippen LogP contribution is -2.31. The summed E-state index contributed by atoms with van der Waals surface area (Å²) in [5, 5.41) is 0. The van der Waals surface area contributed by atoms with Crippen LogP contribution in [0, 0.1) is 0 Å². The molecule has 0 saturated carbocycles. The molecule has 0 amide bonds. The van der Waals surface area contributed by atoms with Gasteiger partial charge >= 0.3 is 0 Å². The molecule has 0 radical (unpaired) electrons. The van der Waals surface area contributed by atoms with Gasteiger partial charge in [0.1, 0.15) is 0 Å². The molecule has 1 aromatic heterocycles. The lowest BCUT2D eigenvalue weighted by Gasteiger charge is -2.06. The predicted molar refractivity (Wildman–Crippen MR) is 113 cm³/mol. The van der Waals surface area contributed by atoms with E-state index in [1.165, 1.54) is 93.9 Å². The van der Waals surface area contributed by atoms with Crippen molar-refractivity contribution in [3.63, 3.8) is 0 Å². The van der Waals surface area contributed by atoms with Crippen molar-refractivity contribution in [2.45, 2.75) is 90.9 Å². The van der Waals surface area contributed by atoms with Crippen molar-refractivity contribution in [3.05, 3.63) is 59.9 Å². The van der Waals surface area contributed by atoms with E-state index in [0.717, 1.165) is 0 Å². The maximum atomic E-state index is 2.46. The van der Waals surface area contributed by atoms with Crippen molar-refractivity contribution in [2.24, 2.45) is 0 Å². The van der Waals surface area contributed by atoms with E-state index >= 15 is 0 Å². The van der Waals surface area contributed by atoms with Gasteiger partial charge in [-0.15, -0.1) is 0 Å². The number of nitrogens with zero attached hydrogens (tertiary/aromatic N) is 1. The second-order valence-corrected chi connectivity index (χ2v) is 7.62. The Morgan fingerprint density at radius 1 is 0.615 bits per heavy atom. The number of unbranched alkanes of at least 4 members (excludes halogenated alkanes) is 8. The fourth-order valence-corrected chi connectivity index (χ4v) is 3.60. The summed E-state index contributed by atoms with van der Waals surface area (Å²) in [6.07, 6.45) is 20.6. The zero-order chi connectivity index (χ0) is 18.5. The van der Waals surface area contributed by atoms with Gasteiger partial charge in [-0.1, -0.05) is 83.4 Å². The van der Waals surface area contributed by atoms with Gasteiger partial charge in [-0.2, -0.15) is 4.57 Å². The molecule has 0 N–H and O–H groups in total. The van der Waals surface area contributed by atoms with Gasteiger partial charge in [0.2, 0.25) is 5.69 Å². The third-order valence-electron chi connectivity index (χ3n) is 5.17. The Bertz CT molecular complexity index is 571. The van der Waals surface area contributed by atoms with Crippen molar-refractivity contribution in [1.29, 1.82) is 0 Å². The fraction of sp³-hybridized carbons (Fsp3) is 0.560. The van der Waals surface area contributed by atoms with E-state index < -0.39 is 0 Å². The van der Waals surface area contributed by atoms with E-state index in [4.69, 9.17) is 0 Å². The zero-order valence-corrected chi connectivity index (χ0v) is 17.1. The maximum Gasteiger partial charge on any atom is 0.210 e. The summed E-state index contributed by atoms with van der Waals surface area (Å²) in [6.45, 7) is 4.57. The molecule has 2 aromatic rings. The Labute approximate surface area is 161 Å². The number of benzene rings is 1. The highest BCUT2D eigenvalue weighted by Gasteiger charge is 2.10. The molecule has 0 aliphatic heterocycles. The average molecular weight is 353 g/mol. The molecule has 2 rings (SSSR count). The number of hydrogen-bond donors (Lipinski definition) is 0. The Morgan fingerprint density at radius 2 is 1.12 bits per heavy atom. The number of aryl methyl sites for hydroxylation is 2. The fourth-order valence-electron chi connectivity index (χ4n) is 3.60. The molecular formula is C25H38N+. The van der Waals surface area contributed by atoms with Crippen molar-refractivity contribution < 1.29 is 4.57 Å². The molecule has 1 aromatic carbocycles. The van der Waals surface area contributed by atoms with Crippen molar-refractivity contribution in [3.8, 4) is 5.69 Å². The maximum absolute atomic E-state index is 2.46. The van der Waals surface area contributed by atoms with Gasteiger partial charge in [0.15, 0.2) is 12.4 Å². The Kier molecular flexibility index (Phi) is 10.1. The van der Waals surface area contributed by atoms with Crippen LogP contribution in [0.3, 0.4) is 0 Å². The predicted octanol–water partition coefficient (Wildman–Crippen LogP) is 6.99. The summed E-state index contributed by atoms with van der Waals surface area (Å²) >= 11 is 0. The molecule has 0 saturated heterocycles. The van der Waals surface area contributed by atoms with Crippen LogP contribution in [0.4, 0.5) is 0 Å². The molecule has 26 heavy (non-hydrogen) atoms. The highest BCUT2D eigenvalue weighted by Crippen LogP contribution is 2.13. The highest BCUT2D eigenvalue weighted by atomic mass is 14.9. The molecule has 0 aliphatic carbocycles. The van der Waals surface area contributed by atoms with Crippen LogP contribution in [0.1, 0.15) is 89.2 Å². The first-order chi connectivity index (χ1) is 12.8. The third kappa shape index (κ3) is 7.72. The Hall–Kier alpha value is -1.63. The topological polar surface area (TPSA) is 3.88 Å². The molecule has 142 valence electrons. The van der Waals surface area contributed by atoms with Crippen LogP contribution in [0.5, 0.6) is 0 Å². The van der Waals surface area contributed by atoms with Crippen LogP contribution in [-0.4, -0.2) is 0 Å². The van der Waals surface area contributed by atoms with Gasteiger partial charge in [-0.05, 0) is 31.7 Å². The molecule has 0 fully saturated rings. The summed E-state index contributed by atoms with van der Waals surface area (Å²) in [5.41, 5.74) is 4.26. The number of rotatable bonds is 13. The van der Waals surface area contributed by atoms with E-state index in [1.807, 2.05) is 0 Å². The standard InChI is InChI=1S/C25H38N/c1-3-5-7-9-12-16-23-20-24(17-13-10-8-6-4-2)22-26(21-23)25-18-14-11-15-19-25/h11,14-15,18-22H,3-10,12-13,16-17H2,1-2H3/q+1. The minimum Gasteiger partial charge on any atom is -0.167 e. The molecular weight excluding hydrogens is 314 g/mol. The lowest BCUT2D eigenvalue weighted by atomic mass is 10.0. The number of pyridine rings is 1. The minimum atomic E-state index is 1.21. The van der Waals surface area contributed by atoms with Gasteiger partial charge in [0.05, 0.1) is 0 Å². The van der Waals surface area contributed by atoms with E-state index in [0.29, 0.717) is 0 Å². The van der Waals surface area contributed by atoms with Crippen molar-refractivity contribution >= 4 is 0 Å². The monoisotopic (exact) mass is 352 g/mol. The van der Waals surface area contributed by atoms with E-state index in [9.17, 15) is 0 Å². The number of hydrogen-bond acceptors (Lipinski definition) is 0. The third-order valence-corrected chi connectivity index (χ3v) is 5.17. The summed E-state index contributed by atoms with van der Waals surface area (Å²) in [4.78, 5) is 0. The van der Waals surface area contributed by atoms with Crippen LogP contribution < -0.4 is 4.57 Å². The van der Waals surface area contributed by atoms with E-state index in [2.05, 4.69) is 67.2 Å². The molecule has 0 aliphatic rings. The molecule has 0 bridgehead atoms. The van der Waals surface area contributed by atoms with Crippen LogP contribution in [0.25, 0.3) is 5.69 Å². The van der Waals surface area contributed by atoms with Crippen LogP contribution in [-0.2, 0) is 12.8 Å². The summed E-state index contributed by atoms with van der Waals surface area (Å²) in [5.74, 6) is 0. The summed E-state index contributed by atoms with van der Waals surface area (Å²) in [7, 11) is 0. The number of para-hydroxylation sites is 1. The summed E-state index contributed by atoms with van der Waals surface area (Å²) in [6, 6.07) is 13.2. The quantitative estimate of drug-likeness (QED) is 0.270. The smallest absolute Gasteiger partial charge is 0.167 e. The molecule has 0 spiro atoms. The second-order valence-electron chi connectivity index (χ2n) is 7.62. The van der Waals surface area contributed by atoms with Crippen LogP contribution >= 0.6 is 0 Å². The zero-order valence-electron chi connectivity index (χ0n) is 17.1. The average Bonchev–Trinajstić information content (AvgIpc) is 2.68. The molecule has 1 heterocycles.